The summed E-state index contributed by atoms with van der Waals surface area (Å²) >= 11 is 0. The van der Waals surface area contributed by atoms with E-state index in [4.69, 9.17) is 4.74 Å². The average molecular weight is 212 g/mol. The van der Waals surface area contributed by atoms with Gasteiger partial charge in [0.15, 0.2) is 0 Å². The van der Waals surface area contributed by atoms with Gasteiger partial charge in [-0.15, -0.1) is 0 Å². The third kappa shape index (κ3) is 8.22. The standard InChI is InChI=1S/C13H24O2/c1-5-6-7-8-12(4)9-10-15-13(14)11(2)3/h12H,2,5-10H2,1,3-4H3. The molecule has 0 aliphatic carbocycles. The molecule has 0 aliphatic heterocycles. The Hall–Kier alpha value is -0.790. The van der Waals surface area contributed by atoms with Crippen LogP contribution in [0.4, 0.5) is 0 Å². The summed E-state index contributed by atoms with van der Waals surface area (Å²) in [5.41, 5.74) is 0.480. The molecule has 0 radical (unpaired) electrons. The van der Waals surface area contributed by atoms with Crippen molar-refractivity contribution >= 4 is 5.97 Å². The van der Waals surface area contributed by atoms with Gasteiger partial charge in [-0.2, -0.15) is 0 Å². The number of carbonyl (C=O) groups excluding carboxylic acids is 1. The van der Waals surface area contributed by atoms with Crippen LogP contribution in [-0.2, 0) is 9.53 Å². The van der Waals surface area contributed by atoms with Crippen LogP contribution in [0.5, 0.6) is 0 Å². The molecule has 15 heavy (non-hydrogen) atoms. The van der Waals surface area contributed by atoms with Gasteiger partial charge in [-0.05, 0) is 19.3 Å². The van der Waals surface area contributed by atoms with Crippen LogP contribution in [0.3, 0.4) is 0 Å². The van der Waals surface area contributed by atoms with Crippen molar-refractivity contribution in [2.75, 3.05) is 6.61 Å². The van der Waals surface area contributed by atoms with Crippen molar-refractivity contribution in [3.63, 3.8) is 0 Å². The van der Waals surface area contributed by atoms with Gasteiger partial charge in [0, 0.05) is 5.57 Å². The fourth-order valence-electron chi connectivity index (χ4n) is 1.36. The van der Waals surface area contributed by atoms with Gasteiger partial charge in [-0.3, -0.25) is 0 Å². The quantitative estimate of drug-likeness (QED) is 0.348. The van der Waals surface area contributed by atoms with Crippen LogP contribution in [0.2, 0.25) is 0 Å². The van der Waals surface area contributed by atoms with Gasteiger partial charge < -0.3 is 4.74 Å². The highest BCUT2D eigenvalue weighted by atomic mass is 16.5. The number of hydrogen-bond acceptors (Lipinski definition) is 2. The first-order valence-corrected chi connectivity index (χ1v) is 5.90. The molecule has 0 fully saturated rings. The summed E-state index contributed by atoms with van der Waals surface area (Å²) in [6.45, 7) is 10.2. The molecule has 0 bridgehead atoms. The van der Waals surface area contributed by atoms with Crippen molar-refractivity contribution in [2.24, 2.45) is 5.92 Å². The van der Waals surface area contributed by atoms with Crippen molar-refractivity contribution in [1.82, 2.24) is 0 Å². The smallest absolute Gasteiger partial charge is 0.333 e. The van der Waals surface area contributed by atoms with E-state index in [1.807, 2.05) is 0 Å². The number of carbonyl (C=O) groups is 1. The summed E-state index contributed by atoms with van der Waals surface area (Å²) in [5, 5.41) is 0. The van der Waals surface area contributed by atoms with Crippen molar-refractivity contribution in [3.8, 4) is 0 Å². The van der Waals surface area contributed by atoms with Crippen LogP contribution in [-0.4, -0.2) is 12.6 Å². The van der Waals surface area contributed by atoms with Crippen molar-refractivity contribution in [1.29, 1.82) is 0 Å². The molecule has 0 amide bonds. The zero-order valence-corrected chi connectivity index (χ0v) is 10.3. The Balaban J connectivity index is 3.42. The van der Waals surface area contributed by atoms with E-state index in [2.05, 4.69) is 20.4 Å². The first-order valence-electron chi connectivity index (χ1n) is 5.90. The molecule has 0 heterocycles. The molecule has 0 aromatic heterocycles. The highest BCUT2D eigenvalue weighted by Gasteiger charge is 2.05. The highest BCUT2D eigenvalue weighted by molar-refractivity contribution is 5.86. The molecule has 2 nitrogen and oxygen atoms in total. The summed E-state index contributed by atoms with van der Waals surface area (Å²) in [6.07, 6.45) is 6.04. The van der Waals surface area contributed by atoms with E-state index >= 15 is 0 Å². The van der Waals surface area contributed by atoms with Crippen LogP contribution in [0.15, 0.2) is 12.2 Å². The fraction of sp³-hybridized carbons (Fsp3) is 0.769. The molecule has 2 heteroatoms. The Morgan fingerprint density at radius 3 is 2.53 bits per heavy atom. The van der Waals surface area contributed by atoms with Crippen LogP contribution in [0, 0.1) is 5.92 Å². The summed E-state index contributed by atoms with van der Waals surface area (Å²) in [7, 11) is 0. The SMILES string of the molecule is C=C(C)C(=O)OCCC(C)CCCCC. The van der Waals surface area contributed by atoms with Gasteiger partial charge in [-0.25, -0.2) is 4.79 Å². The number of ether oxygens (including phenoxy) is 1. The monoisotopic (exact) mass is 212 g/mol. The number of esters is 1. The summed E-state index contributed by atoms with van der Waals surface area (Å²) in [6, 6.07) is 0. The van der Waals surface area contributed by atoms with Crippen molar-refractivity contribution in [3.05, 3.63) is 12.2 Å². The number of hydrogen-bond donors (Lipinski definition) is 0. The zero-order chi connectivity index (χ0) is 11.7. The van der Waals surface area contributed by atoms with Gasteiger partial charge in [0.25, 0.3) is 0 Å². The minimum absolute atomic E-state index is 0.268. The molecule has 0 saturated heterocycles. The van der Waals surface area contributed by atoms with Crippen LogP contribution in [0.1, 0.15) is 52.9 Å². The van der Waals surface area contributed by atoms with E-state index < -0.39 is 0 Å². The second-order valence-corrected chi connectivity index (χ2v) is 4.31. The van der Waals surface area contributed by atoms with Crippen LogP contribution < -0.4 is 0 Å². The molecule has 0 aliphatic rings. The lowest BCUT2D eigenvalue weighted by Gasteiger charge is -2.11. The van der Waals surface area contributed by atoms with E-state index in [-0.39, 0.29) is 5.97 Å². The molecule has 0 aromatic carbocycles. The molecular formula is C13H24O2. The summed E-state index contributed by atoms with van der Waals surface area (Å²) in [5.74, 6) is 0.380. The first kappa shape index (κ1) is 14.2. The molecule has 0 saturated carbocycles. The minimum Gasteiger partial charge on any atom is -0.462 e. The maximum Gasteiger partial charge on any atom is 0.333 e. The van der Waals surface area contributed by atoms with Gasteiger partial charge >= 0.3 is 5.97 Å². The molecule has 1 atom stereocenters. The normalized spacial score (nSPS) is 12.2. The van der Waals surface area contributed by atoms with Gasteiger partial charge in [-0.1, -0.05) is 46.1 Å². The highest BCUT2D eigenvalue weighted by Crippen LogP contribution is 2.13. The lowest BCUT2D eigenvalue weighted by atomic mass is 10.0. The van der Waals surface area contributed by atoms with E-state index in [9.17, 15) is 4.79 Å². The Labute approximate surface area is 93.7 Å². The number of rotatable bonds is 8. The molecule has 1 unspecified atom stereocenters. The Morgan fingerprint density at radius 1 is 1.33 bits per heavy atom. The van der Waals surface area contributed by atoms with Gasteiger partial charge in [0.2, 0.25) is 0 Å². The minimum atomic E-state index is -0.268. The summed E-state index contributed by atoms with van der Waals surface area (Å²) in [4.78, 5) is 11.1. The fourth-order valence-corrected chi connectivity index (χ4v) is 1.36. The second kappa shape index (κ2) is 8.51. The molecule has 0 aromatic rings. The summed E-state index contributed by atoms with van der Waals surface area (Å²) < 4.78 is 5.04. The second-order valence-electron chi connectivity index (χ2n) is 4.31. The first-order chi connectivity index (χ1) is 7.07. The van der Waals surface area contributed by atoms with E-state index in [1.54, 1.807) is 6.92 Å². The lowest BCUT2D eigenvalue weighted by molar-refractivity contribution is -0.139. The maximum absolute atomic E-state index is 11.1. The van der Waals surface area contributed by atoms with Gasteiger partial charge in [0.05, 0.1) is 6.61 Å². The molecule has 0 N–H and O–H groups in total. The lowest BCUT2D eigenvalue weighted by Crippen LogP contribution is -2.09. The van der Waals surface area contributed by atoms with Gasteiger partial charge in [0.1, 0.15) is 0 Å². The van der Waals surface area contributed by atoms with Crippen LogP contribution >= 0.6 is 0 Å². The van der Waals surface area contributed by atoms with E-state index in [1.165, 1.54) is 25.7 Å². The third-order valence-electron chi connectivity index (χ3n) is 2.49. The third-order valence-corrected chi connectivity index (χ3v) is 2.49. The zero-order valence-electron chi connectivity index (χ0n) is 10.3. The average Bonchev–Trinajstić information content (AvgIpc) is 2.18. The van der Waals surface area contributed by atoms with E-state index in [0.717, 1.165) is 6.42 Å². The number of unbranched alkanes of at least 4 members (excludes halogenated alkanes) is 2. The van der Waals surface area contributed by atoms with Crippen molar-refractivity contribution in [2.45, 2.75) is 52.9 Å². The molecule has 0 rings (SSSR count). The molecular weight excluding hydrogens is 188 g/mol. The van der Waals surface area contributed by atoms with Crippen molar-refractivity contribution < 1.29 is 9.53 Å². The Morgan fingerprint density at radius 2 is 2.00 bits per heavy atom. The Kier molecular flexibility index (Phi) is 8.06. The molecule has 88 valence electrons. The topological polar surface area (TPSA) is 26.3 Å². The predicted molar refractivity (Wildman–Crippen MR) is 63.7 cm³/mol. The van der Waals surface area contributed by atoms with E-state index in [0.29, 0.717) is 18.1 Å². The largest absolute Gasteiger partial charge is 0.462 e. The molecule has 0 spiro atoms. The van der Waals surface area contributed by atoms with Crippen LogP contribution in [0.25, 0.3) is 0 Å². The predicted octanol–water partition coefficient (Wildman–Crippen LogP) is 3.71. The Bertz CT molecular complexity index is 197. The maximum atomic E-state index is 11.1.